The molecule has 1 unspecified atom stereocenters. The number of anilines is 2. The summed E-state index contributed by atoms with van der Waals surface area (Å²) in [4.78, 5) is 2.50. The van der Waals surface area contributed by atoms with Crippen LogP contribution in [0.4, 0.5) is 11.4 Å². The summed E-state index contributed by atoms with van der Waals surface area (Å²) in [6.07, 6.45) is 3.94. The summed E-state index contributed by atoms with van der Waals surface area (Å²) >= 11 is 8.14. The van der Waals surface area contributed by atoms with E-state index in [-0.39, 0.29) is 5.37 Å². The van der Waals surface area contributed by atoms with E-state index in [1.807, 2.05) is 26.0 Å². The van der Waals surface area contributed by atoms with Gasteiger partial charge in [-0.05, 0) is 60.6 Å². The van der Waals surface area contributed by atoms with Gasteiger partial charge in [-0.2, -0.15) is 0 Å². The Morgan fingerprint density at radius 2 is 1.85 bits per heavy atom. The molecule has 27 heavy (non-hydrogen) atoms. The zero-order valence-electron chi connectivity index (χ0n) is 16.0. The van der Waals surface area contributed by atoms with Crippen LogP contribution in [0.15, 0.2) is 47.9 Å². The van der Waals surface area contributed by atoms with Crippen LogP contribution < -0.4 is 16.0 Å². The number of nitrogens with one attached hydrogen (secondary N) is 1. The number of piperidine rings is 1. The summed E-state index contributed by atoms with van der Waals surface area (Å²) in [5, 5.41) is 6.64. The van der Waals surface area contributed by atoms with E-state index in [4.69, 9.17) is 17.3 Å². The van der Waals surface area contributed by atoms with Gasteiger partial charge in [-0.1, -0.05) is 37.6 Å². The normalized spacial score (nSPS) is 19.0. The lowest BCUT2D eigenvalue weighted by molar-refractivity contribution is 0.577. The lowest BCUT2D eigenvalue weighted by Crippen LogP contribution is -2.29. The summed E-state index contributed by atoms with van der Waals surface area (Å²) in [5.74, 6) is 0. The minimum atomic E-state index is 0.216. The first kappa shape index (κ1) is 20.0. The Balaban J connectivity index is 0.00000102. The second-order valence-electron chi connectivity index (χ2n) is 6.57. The van der Waals surface area contributed by atoms with Gasteiger partial charge in [-0.25, -0.2) is 0 Å². The van der Waals surface area contributed by atoms with E-state index in [1.54, 1.807) is 17.8 Å². The van der Waals surface area contributed by atoms with Crippen molar-refractivity contribution in [2.45, 2.75) is 38.5 Å². The Morgan fingerprint density at radius 1 is 1.07 bits per heavy atom. The van der Waals surface area contributed by atoms with Crippen molar-refractivity contribution in [3.05, 3.63) is 64.0 Å². The Kier molecular flexibility index (Phi) is 6.97. The largest absolute Gasteiger partial charge is 0.399 e. The SMILES string of the molecule is CC.Nc1ccc(C2=CSC(c3cccc(N4CCCCC4)c3)N2)c(Cl)c1. The first-order chi connectivity index (χ1) is 13.2. The van der Waals surface area contributed by atoms with Crippen molar-refractivity contribution in [3.8, 4) is 0 Å². The molecule has 3 N–H and O–H groups in total. The van der Waals surface area contributed by atoms with Crippen LogP contribution in [0, 0.1) is 0 Å². The molecular formula is C22H28ClN3S. The Labute approximate surface area is 172 Å². The molecular weight excluding hydrogens is 374 g/mol. The molecule has 0 spiro atoms. The average Bonchev–Trinajstić information content (AvgIpc) is 3.20. The molecule has 3 nitrogen and oxygen atoms in total. The third-order valence-electron chi connectivity index (χ3n) is 4.79. The molecule has 2 heterocycles. The van der Waals surface area contributed by atoms with Crippen LogP contribution in [-0.4, -0.2) is 13.1 Å². The first-order valence-electron chi connectivity index (χ1n) is 9.73. The molecule has 1 fully saturated rings. The summed E-state index contributed by atoms with van der Waals surface area (Å²) in [7, 11) is 0. The molecule has 1 saturated heterocycles. The molecule has 2 aromatic carbocycles. The second kappa shape index (κ2) is 9.43. The minimum absolute atomic E-state index is 0.216. The van der Waals surface area contributed by atoms with Gasteiger partial charge in [0.1, 0.15) is 5.37 Å². The fraction of sp³-hybridized carbons (Fsp3) is 0.364. The van der Waals surface area contributed by atoms with Crippen molar-refractivity contribution in [1.29, 1.82) is 0 Å². The minimum Gasteiger partial charge on any atom is -0.399 e. The number of thioether (sulfide) groups is 1. The Hall–Kier alpha value is -1.78. The molecule has 0 radical (unpaired) electrons. The molecule has 1 atom stereocenters. The van der Waals surface area contributed by atoms with E-state index in [0.717, 1.165) is 11.3 Å². The molecule has 0 aliphatic carbocycles. The number of halogens is 1. The molecule has 0 saturated carbocycles. The van der Waals surface area contributed by atoms with Gasteiger partial charge >= 0.3 is 0 Å². The maximum absolute atomic E-state index is 6.35. The molecule has 2 aliphatic rings. The highest BCUT2D eigenvalue weighted by molar-refractivity contribution is 8.02. The molecule has 2 aromatic rings. The Morgan fingerprint density at radius 3 is 2.59 bits per heavy atom. The molecule has 0 amide bonds. The van der Waals surface area contributed by atoms with E-state index in [1.165, 1.54) is 43.6 Å². The lowest BCUT2D eigenvalue weighted by Gasteiger charge is -2.29. The highest BCUT2D eigenvalue weighted by Gasteiger charge is 2.22. The van der Waals surface area contributed by atoms with Crippen LogP contribution in [0.3, 0.4) is 0 Å². The highest BCUT2D eigenvalue weighted by Crippen LogP contribution is 2.40. The van der Waals surface area contributed by atoms with Crippen LogP contribution in [0.5, 0.6) is 0 Å². The monoisotopic (exact) mass is 401 g/mol. The molecule has 4 rings (SSSR count). The molecule has 0 bridgehead atoms. The van der Waals surface area contributed by atoms with E-state index in [0.29, 0.717) is 10.7 Å². The van der Waals surface area contributed by atoms with E-state index in [9.17, 15) is 0 Å². The number of benzene rings is 2. The van der Waals surface area contributed by atoms with Gasteiger partial charge in [0.2, 0.25) is 0 Å². The summed E-state index contributed by atoms with van der Waals surface area (Å²) in [6, 6.07) is 14.6. The van der Waals surface area contributed by atoms with Crippen molar-refractivity contribution in [2.24, 2.45) is 0 Å². The molecule has 2 aliphatic heterocycles. The van der Waals surface area contributed by atoms with Gasteiger partial charge in [-0.3, -0.25) is 0 Å². The van der Waals surface area contributed by atoms with Gasteiger partial charge in [0, 0.05) is 30.0 Å². The van der Waals surface area contributed by atoms with Crippen molar-refractivity contribution in [3.63, 3.8) is 0 Å². The van der Waals surface area contributed by atoms with Crippen molar-refractivity contribution < 1.29 is 0 Å². The number of rotatable bonds is 3. The third-order valence-corrected chi connectivity index (χ3v) is 6.13. The number of nitrogens with zero attached hydrogens (tertiary/aromatic N) is 1. The van der Waals surface area contributed by atoms with Gasteiger partial charge < -0.3 is 16.0 Å². The van der Waals surface area contributed by atoms with E-state index in [2.05, 4.69) is 39.9 Å². The fourth-order valence-corrected chi connectivity index (χ4v) is 4.69. The van der Waals surface area contributed by atoms with Crippen LogP contribution in [-0.2, 0) is 0 Å². The van der Waals surface area contributed by atoms with Gasteiger partial charge in [0.25, 0.3) is 0 Å². The van der Waals surface area contributed by atoms with Crippen molar-refractivity contribution in [2.75, 3.05) is 23.7 Å². The predicted octanol–water partition coefficient (Wildman–Crippen LogP) is 6.27. The highest BCUT2D eigenvalue weighted by atomic mass is 35.5. The Bertz CT molecular complexity index is 800. The summed E-state index contributed by atoms with van der Waals surface area (Å²) < 4.78 is 0. The first-order valence-corrected chi connectivity index (χ1v) is 11.1. The van der Waals surface area contributed by atoms with Crippen LogP contribution >= 0.6 is 23.4 Å². The van der Waals surface area contributed by atoms with Crippen LogP contribution in [0.25, 0.3) is 5.70 Å². The molecule has 5 heteroatoms. The molecule has 144 valence electrons. The van der Waals surface area contributed by atoms with E-state index < -0.39 is 0 Å². The van der Waals surface area contributed by atoms with Gasteiger partial charge in [-0.15, -0.1) is 11.8 Å². The summed E-state index contributed by atoms with van der Waals surface area (Å²) in [6.45, 7) is 6.33. The van der Waals surface area contributed by atoms with Crippen LogP contribution in [0.2, 0.25) is 5.02 Å². The number of nitrogens with two attached hydrogens (primary N) is 1. The third kappa shape index (κ3) is 4.74. The summed E-state index contributed by atoms with van der Waals surface area (Å²) in [5.41, 5.74) is 11.2. The second-order valence-corrected chi connectivity index (χ2v) is 7.96. The van der Waals surface area contributed by atoms with Crippen LogP contribution in [0.1, 0.15) is 49.6 Å². The topological polar surface area (TPSA) is 41.3 Å². The van der Waals surface area contributed by atoms with E-state index >= 15 is 0 Å². The van der Waals surface area contributed by atoms with Crippen molar-refractivity contribution >= 4 is 40.4 Å². The van der Waals surface area contributed by atoms with Gasteiger partial charge in [0.15, 0.2) is 0 Å². The predicted molar refractivity (Wildman–Crippen MR) is 121 cm³/mol. The zero-order valence-corrected chi connectivity index (χ0v) is 17.6. The van der Waals surface area contributed by atoms with Gasteiger partial charge in [0.05, 0.1) is 10.7 Å². The quantitative estimate of drug-likeness (QED) is 0.594. The maximum Gasteiger partial charge on any atom is 0.102 e. The average molecular weight is 402 g/mol. The van der Waals surface area contributed by atoms with Crippen molar-refractivity contribution in [1.82, 2.24) is 5.32 Å². The molecule has 0 aromatic heterocycles. The smallest absolute Gasteiger partial charge is 0.102 e. The number of hydrogen-bond acceptors (Lipinski definition) is 4. The number of nitrogen functional groups attached to an aromatic ring is 1. The lowest BCUT2D eigenvalue weighted by atomic mass is 10.1. The number of hydrogen-bond donors (Lipinski definition) is 2. The standard InChI is InChI=1S/C20H22ClN3S.C2H6/c21-18-12-15(22)7-8-17(18)19-13-25-20(23-19)14-5-4-6-16(11-14)24-9-2-1-3-10-24;1-2/h4-8,11-13,20,23H,1-3,9-10,22H2;1-2H3. The zero-order chi connectivity index (χ0) is 19.2. The fourth-order valence-electron chi connectivity index (χ4n) is 3.43. The maximum atomic E-state index is 6.35.